The number of hydrogen-bond acceptors (Lipinski definition) is 7. The Morgan fingerprint density at radius 1 is 1.32 bits per heavy atom. The summed E-state index contributed by atoms with van der Waals surface area (Å²) in [6.45, 7) is 0.259. The topological polar surface area (TPSA) is 88.6 Å². The van der Waals surface area contributed by atoms with Crippen molar-refractivity contribution in [1.29, 1.82) is 0 Å². The van der Waals surface area contributed by atoms with Crippen LogP contribution in [-0.2, 0) is 10.9 Å². The Labute approximate surface area is 179 Å². The molecule has 0 spiro atoms. The Morgan fingerprint density at radius 2 is 2.03 bits per heavy atom. The summed E-state index contributed by atoms with van der Waals surface area (Å²) in [7, 11) is 1.29. The van der Waals surface area contributed by atoms with Gasteiger partial charge in [0, 0.05) is 32.4 Å². The molecule has 1 aromatic heterocycles. The molecule has 0 unspecified atom stereocenters. The smallest absolute Gasteiger partial charge is 0.421 e. The van der Waals surface area contributed by atoms with E-state index in [2.05, 4.69) is 20.6 Å². The number of hydrogen-bond donors (Lipinski definition) is 2. The van der Waals surface area contributed by atoms with E-state index in [1.54, 1.807) is 0 Å². The van der Waals surface area contributed by atoms with Crippen molar-refractivity contribution in [3.05, 3.63) is 34.5 Å². The first kappa shape index (κ1) is 22.8. The quantitative estimate of drug-likeness (QED) is 0.631. The molecule has 0 atom stereocenters. The van der Waals surface area contributed by atoms with Gasteiger partial charge in [0.05, 0.1) is 29.5 Å². The van der Waals surface area contributed by atoms with Crippen molar-refractivity contribution in [2.24, 2.45) is 0 Å². The van der Waals surface area contributed by atoms with Gasteiger partial charge in [-0.15, -0.1) is 0 Å². The number of nitrogens with zero attached hydrogens (tertiary/aromatic N) is 3. The molecule has 2 aromatic rings. The Kier molecular flexibility index (Phi) is 7.01. The fraction of sp³-hybridized carbons (Fsp3) is 0.389. The first-order chi connectivity index (χ1) is 14.7. The molecule has 1 aliphatic rings. The number of anilines is 3. The number of amides is 1. The summed E-state index contributed by atoms with van der Waals surface area (Å²) in [4.78, 5) is 21.7. The minimum atomic E-state index is -4.64. The first-order valence-corrected chi connectivity index (χ1v) is 9.40. The van der Waals surface area contributed by atoms with Crippen LogP contribution in [-0.4, -0.2) is 61.0 Å². The number of ether oxygens (including phenoxy) is 2. The number of benzene rings is 1. The average molecular weight is 464 g/mol. The van der Waals surface area contributed by atoms with Crippen LogP contribution in [0, 0.1) is 0 Å². The van der Waals surface area contributed by atoms with Crippen LogP contribution in [0.1, 0.15) is 15.9 Å². The lowest BCUT2D eigenvalue weighted by molar-refractivity contribution is -0.137. The van der Waals surface area contributed by atoms with Crippen molar-refractivity contribution in [2.75, 3.05) is 50.8 Å². The van der Waals surface area contributed by atoms with Gasteiger partial charge in [0.1, 0.15) is 17.1 Å². The van der Waals surface area contributed by atoms with Crippen LogP contribution in [0.3, 0.4) is 0 Å². The minimum absolute atomic E-state index is 0.0392. The molecule has 2 heterocycles. The fourth-order valence-electron chi connectivity index (χ4n) is 2.89. The second-order valence-electron chi connectivity index (χ2n) is 6.31. The predicted molar refractivity (Wildman–Crippen MR) is 105 cm³/mol. The Bertz CT molecular complexity index is 955. The van der Waals surface area contributed by atoms with Gasteiger partial charge in [0.15, 0.2) is 0 Å². The van der Waals surface area contributed by atoms with Gasteiger partial charge in [-0.2, -0.15) is 18.2 Å². The zero-order valence-electron chi connectivity index (χ0n) is 16.2. The molecule has 31 heavy (non-hydrogen) atoms. The van der Waals surface area contributed by atoms with Gasteiger partial charge < -0.3 is 25.0 Å². The monoisotopic (exact) mass is 463 g/mol. The van der Waals surface area contributed by atoms with Gasteiger partial charge in [-0.25, -0.2) is 9.37 Å². The van der Waals surface area contributed by atoms with Crippen LogP contribution in [0.25, 0.3) is 0 Å². The number of morpholine rings is 1. The van der Waals surface area contributed by atoms with E-state index in [1.165, 1.54) is 24.1 Å². The highest BCUT2D eigenvalue weighted by atomic mass is 35.5. The summed E-state index contributed by atoms with van der Waals surface area (Å²) in [6, 6.07) is 2.55. The molecule has 0 saturated carbocycles. The van der Waals surface area contributed by atoms with Gasteiger partial charge in [-0.1, -0.05) is 11.6 Å². The summed E-state index contributed by atoms with van der Waals surface area (Å²) < 4.78 is 62.1. The molecule has 13 heteroatoms. The lowest BCUT2D eigenvalue weighted by Gasteiger charge is -2.27. The SMILES string of the molecule is CNc1nc(Nc2cc(OCF)c(C(=O)N3CCOCC3)cc2Cl)ncc1C(F)(F)F. The average Bonchev–Trinajstić information content (AvgIpc) is 2.75. The van der Waals surface area contributed by atoms with E-state index < -0.39 is 30.3 Å². The molecule has 168 valence electrons. The number of carbonyl (C=O) groups is 1. The maximum Gasteiger partial charge on any atom is 0.421 e. The van der Waals surface area contributed by atoms with E-state index in [4.69, 9.17) is 21.1 Å². The number of alkyl halides is 4. The fourth-order valence-corrected chi connectivity index (χ4v) is 3.10. The van der Waals surface area contributed by atoms with Gasteiger partial charge in [0.25, 0.3) is 5.91 Å². The molecule has 0 aliphatic carbocycles. The van der Waals surface area contributed by atoms with Crippen LogP contribution < -0.4 is 15.4 Å². The molecule has 1 fully saturated rings. The second-order valence-corrected chi connectivity index (χ2v) is 6.72. The highest BCUT2D eigenvalue weighted by molar-refractivity contribution is 6.33. The largest absolute Gasteiger partial charge is 0.462 e. The lowest BCUT2D eigenvalue weighted by Crippen LogP contribution is -2.40. The molecule has 0 bridgehead atoms. The summed E-state index contributed by atoms with van der Waals surface area (Å²) in [6.07, 6.45) is -4.03. The lowest BCUT2D eigenvalue weighted by atomic mass is 10.1. The molecule has 1 aliphatic heterocycles. The van der Waals surface area contributed by atoms with Crippen molar-refractivity contribution in [3.63, 3.8) is 0 Å². The van der Waals surface area contributed by atoms with Gasteiger partial charge in [-0.3, -0.25) is 4.79 Å². The second kappa shape index (κ2) is 9.52. The summed E-state index contributed by atoms with van der Waals surface area (Å²) in [5.74, 6) is -1.15. The zero-order chi connectivity index (χ0) is 22.6. The summed E-state index contributed by atoms with van der Waals surface area (Å²) in [5.41, 5.74) is -0.885. The van der Waals surface area contributed by atoms with Crippen molar-refractivity contribution in [1.82, 2.24) is 14.9 Å². The number of carbonyl (C=O) groups excluding carboxylic acids is 1. The summed E-state index contributed by atoms with van der Waals surface area (Å²) >= 11 is 6.25. The number of aromatic nitrogens is 2. The van der Waals surface area contributed by atoms with Crippen LogP contribution >= 0.6 is 11.6 Å². The Hall–Kier alpha value is -2.86. The molecular weight excluding hydrogens is 446 g/mol. The van der Waals surface area contributed by atoms with Crippen molar-refractivity contribution in [2.45, 2.75) is 6.18 Å². The van der Waals surface area contributed by atoms with E-state index in [-0.39, 0.29) is 28.0 Å². The zero-order valence-corrected chi connectivity index (χ0v) is 17.0. The van der Waals surface area contributed by atoms with Gasteiger partial charge in [-0.05, 0) is 6.07 Å². The molecule has 2 N–H and O–H groups in total. The molecule has 3 rings (SSSR count). The third-order valence-electron chi connectivity index (χ3n) is 4.39. The highest BCUT2D eigenvalue weighted by Gasteiger charge is 2.35. The highest BCUT2D eigenvalue weighted by Crippen LogP contribution is 2.36. The Balaban J connectivity index is 1.92. The van der Waals surface area contributed by atoms with Gasteiger partial charge >= 0.3 is 6.18 Å². The van der Waals surface area contributed by atoms with Crippen LogP contribution in [0.15, 0.2) is 18.3 Å². The third kappa shape index (κ3) is 5.25. The Morgan fingerprint density at radius 3 is 2.65 bits per heavy atom. The van der Waals surface area contributed by atoms with Crippen molar-refractivity contribution >= 4 is 35.0 Å². The molecule has 8 nitrogen and oxygen atoms in total. The third-order valence-corrected chi connectivity index (χ3v) is 4.70. The summed E-state index contributed by atoms with van der Waals surface area (Å²) in [5, 5.41) is 5.06. The van der Waals surface area contributed by atoms with E-state index in [1.807, 2.05) is 0 Å². The minimum Gasteiger partial charge on any atom is -0.462 e. The molecule has 1 saturated heterocycles. The van der Waals surface area contributed by atoms with Crippen LogP contribution in [0.2, 0.25) is 5.02 Å². The molecule has 0 radical (unpaired) electrons. The molecular formula is C18H18ClF4N5O3. The van der Waals surface area contributed by atoms with Gasteiger partial charge in [0.2, 0.25) is 12.8 Å². The predicted octanol–water partition coefficient (Wildman–Crippen LogP) is 3.71. The van der Waals surface area contributed by atoms with E-state index in [9.17, 15) is 22.4 Å². The number of nitrogens with one attached hydrogen (secondary N) is 2. The normalized spacial score (nSPS) is 14.3. The number of rotatable bonds is 6. The van der Waals surface area contributed by atoms with Crippen LogP contribution in [0.5, 0.6) is 5.75 Å². The van der Waals surface area contributed by atoms with E-state index in [0.717, 1.165) is 0 Å². The van der Waals surface area contributed by atoms with Crippen molar-refractivity contribution in [3.8, 4) is 5.75 Å². The van der Waals surface area contributed by atoms with E-state index in [0.29, 0.717) is 32.5 Å². The number of halogens is 5. The maximum atomic E-state index is 13.0. The van der Waals surface area contributed by atoms with Crippen molar-refractivity contribution < 1.29 is 31.8 Å². The standard InChI is InChI=1S/C18H18ClF4N5O3/c1-24-15-11(18(21,22)23)8-25-17(27-15)26-13-7-14(31-9-20)10(6-12(13)19)16(29)28-2-4-30-5-3-28/h6-8H,2-5,9H2,1H3,(H2,24,25,26,27). The maximum absolute atomic E-state index is 13.0. The molecule has 1 amide bonds. The van der Waals surface area contributed by atoms with Crippen LogP contribution in [0.4, 0.5) is 35.0 Å². The van der Waals surface area contributed by atoms with E-state index >= 15 is 0 Å². The molecule has 1 aromatic carbocycles. The first-order valence-electron chi connectivity index (χ1n) is 9.03.